The molecule has 5 nitrogen and oxygen atoms in total. The molecule has 0 unspecified atom stereocenters. The predicted molar refractivity (Wildman–Crippen MR) is 95.1 cm³/mol. The number of carboxylic acid groups (broad SMARTS) is 1. The van der Waals surface area contributed by atoms with Crippen LogP contribution in [-0.4, -0.2) is 16.2 Å². The number of aromatic nitrogens is 1. The van der Waals surface area contributed by atoms with Crippen molar-refractivity contribution in [2.75, 3.05) is 10.6 Å². The van der Waals surface area contributed by atoms with Crippen molar-refractivity contribution in [3.63, 3.8) is 0 Å². The molecule has 0 fully saturated rings. The van der Waals surface area contributed by atoms with Crippen molar-refractivity contribution in [1.82, 2.24) is 4.98 Å². The number of benzene rings is 2. The highest BCUT2D eigenvalue weighted by molar-refractivity contribution is 5.83. The minimum atomic E-state index is -1.07. The van der Waals surface area contributed by atoms with Gasteiger partial charge in [0.2, 0.25) is 0 Å². The van der Waals surface area contributed by atoms with Crippen LogP contribution in [0.1, 0.15) is 5.56 Å². The van der Waals surface area contributed by atoms with Crippen LogP contribution < -0.4 is 10.6 Å². The summed E-state index contributed by atoms with van der Waals surface area (Å²) in [6.45, 7) is 0.693. The van der Waals surface area contributed by atoms with Crippen LogP contribution in [0, 0.1) is 0 Å². The maximum Gasteiger partial charge on any atom is 0.409 e. The molecule has 0 aliphatic carbocycles. The standard InChI is InChI=1S/C19H17N3O2/c23-19(24)22-18-9-7-17(8-10-18)21-12-14-3-5-15(6-4-14)16-2-1-11-20-13-16/h1-11,13,21-22H,12H2,(H,23,24). The molecule has 0 spiro atoms. The average molecular weight is 319 g/mol. The molecule has 120 valence electrons. The van der Waals surface area contributed by atoms with E-state index in [2.05, 4.69) is 39.9 Å². The summed E-state index contributed by atoms with van der Waals surface area (Å²) in [6.07, 6.45) is 2.54. The van der Waals surface area contributed by atoms with E-state index in [0.29, 0.717) is 12.2 Å². The number of rotatable bonds is 5. The number of hydrogen-bond donors (Lipinski definition) is 3. The lowest BCUT2D eigenvalue weighted by molar-refractivity contribution is 0.210. The molecule has 24 heavy (non-hydrogen) atoms. The minimum absolute atomic E-state index is 0.550. The Morgan fingerprint density at radius 1 is 0.917 bits per heavy atom. The van der Waals surface area contributed by atoms with Gasteiger partial charge in [-0.3, -0.25) is 10.3 Å². The average Bonchev–Trinajstić information content (AvgIpc) is 2.62. The zero-order valence-electron chi connectivity index (χ0n) is 12.9. The van der Waals surface area contributed by atoms with Crippen molar-refractivity contribution >= 4 is 17.5 Å². The fourth-order valence-electron chi connectivity index (χ4n) is 2.35. The molecule has 0 saturated carbocycles. The molecule has 3 aromatic rings. The Bertz CT molecular complexity index is 800. The SMILES string of the molecule is O=C(O)Nc1ccc(NCc2ccc(-c3cccnc3)cc2)cc1. The Morgan fingerprint density at radius 2 is 1.62 bits per heavy atom. The summed E-state index contributed by atoms with van der Waals surface area (Å²) in [5, 5.41) is 14.3. The largest absolute Gasteiger partial charge is 0.465 e. The number of carbonyl (C=O) groups is 1. The Balaban J connectivity index is 1.59. The number of anilines is 2. The summed E-state index contributed by atoms with van der Waals surface area (Å²) in [7, 11) is 0. The van der Waals surface area contributed by atoms with Crippen LogP contribution in [0.2, 0.25) is 0 Å². The topological polar surface area (TPSA) is 74.2 Å². The summed E-state index contributed by atoms with van der Waals surface area (Å²) in [4.78, 5) is 14.7. The van der Waals surface area contributed by atoms with Gasteiger partial charge in [-0.15, -0.1) is 0 Å². The third-order valence-corrected chi connectivity index (χ3v) is 3.58. The van der Waals surface area contributed by atoms with E-state index in [1.807, 2.05) is 30.5 Å². The van der Waals surface area contributed by atoms with Crippen molar-refractivity contribution in [3.05, 3.63) is 78.6 Å². The summed E-state index contributed by atoms with van der Waals surface area (Å²) in [5.41, 5.74) is 4.88. The minimum Gasteiger partial charge on any atom is -0.465 e. The van der Waals surface area contributed by atoms with Gasteiger partial charge >= 0.3 is 6.09 Å². The summed E-state index contributed by atoms with van der Waals surface area (Å²) in [6, 6.07) is 19.4. The first kappa shape index (κ1) is 15.6. The van der Waals surface area contributed by atoms with Crippen LogP contribution >= 0.6 is 0 Å². The van der Waals surface area contributed by atoms with Gasteiger partial charge in [0.25, 0.3) is 0 Å². The maximum atomic E-state index is 10.6. The molecule has 0 atom stereocenters. The van der Waals surface area contributed by atoms with Gasteiger partial charge in [0, 0.05) is 30.3 Å². The molecule has 0 aliphatic heterocycles. The maximum absolute atomic E-state index is 10.6. The second-order valence-corrected chi connectivity index (χ2v) is 5.30. The van der Waals surface area contributed by atoms with E-state index in [4.69, 9.17) is 5.11 Å². The zero-order valence-corrected chi connectivity index (χ0v) is 12.9. The van der Waals surface area contributed by atoms with Crippen molar-refractivity contribution < 1.29 is 9.90 Å². The third kappa shape index (κ3) is 4.10. The van der Waals surface area contributed by atoms with Crippen LogP contribution in [0.15, 0.2) is 73.1 Å². The Kier molecular flexibility index (Phi) is 4.72. The lowest BCUT2D eigenvalue weighted by atomic mass is 10.1. The van der Waals surface area contributed by atoms with E-state index in [-0.39, 0.29) is 0 Å². The Morgan fingerprint density at radius 3 is 2.25 bits per heavy atom. The molecule has 0 aliphatic rings. The van der Waals surface area contributed by atoms with E-state index >= 15 is 0 Å². The van der Waals surface area contributed by atoms with E-state index in [0.717, 1.165) is 22.4 Å². The number of nitrogens with zero attached hydrogens (tertiary/aromatic N) is 1. The summed E-state index contributed by atoms with van der Waals surface area (Å²) >= 11 is 0. The van der Waals surface area contributed by atoms with Gasteiger partial charge < -0.3 is 10.4 Å². The fourth-order valence-corrected chi connectivity index (χ4v) is 2.35. The van der Waals surface area contributed by atoms with Gasteiger partial charge in [-0.2, -0.15) is 0 Å². The highest BCUT2D eigenvalue weighted by Crippen LogP contribution is 2.19. The first-order valence-corrected chi connectivity index (χ1v) is 7.54. The van der Waals surface area contributed by atoms with E-state index in [1.165, 1.54) is 0 Å². The molecule has 1 heterocycles. The summed E-state index contributed by atoms with van der Waals surface area (Å²) < 4.78 is 0. The molecule has 3 N–H and O–H groups in total. The van der Waals surface area contributed by atoms with Gasteiger partial charge in [0.05, 0.1) is 0 Å². The second-order valence-electron chi connectivity index (χ2n) is 5.30. The summed E-state index contributed by atoms with van der Waals surface area (Å²) in [5.74, 6) is 0. The van der Waals surface area contributed by atoms with Gasteiger partial charge in [0.1, 0.15) is 0 Å². The van der Waals surface area contributed by atoms with Crippen LogP contribution in [0.3, 0.4) is 0 Å². The van der Waals surface area contributed by atoms with Gasteiger partial charge in [-0.1, -0.05) is 30.3 Å². The monoisotopic (exact) mass is 319 g/mol. The molecular weight excluding hydrogens is 302 g/mol. The van der Waals surface area contributed by atoms with E-state index < -0.39 is 6.09 Å². The molecule has 0 bridgehead atoms. The van der Waals surface area contributed by atoms with Crippen LogP contribution in [0.5, 0.6) is 0 Å². The molecule has 3 rings (SSSR count). The second kappa shape index (κ2) is 7.28. The highest BCUT2D eigenvalue weighted by atomic mass is 16.4. The van der Waals surface area contributed by atoms with Gasteiger partial charge in [-0.25, -0.2) is 4.79 Å². The first-order valence-electron chi connectivity index (χ1n) is 7.54. The fraction of sp³-hybridized carbons (Fsp3) is 0.0526. The van der Waals surface area contributed by atoms with Crippen LogP contribution in [0.25, 0.3) is 11.1 Å². The van der Waals surface area contributed by atoms with E-state index in [9.17, 15) is 4.79 Å². The van der Waals surface area contributed by atoms with Gasteiger partial charge in [-0.05, 0) is 47.0 Å². The molecule has 5 heteroatoms. The molecule has 2 aromatic carbocycles. The lowest BCUT2D eigenvalue weighted by Gasteiger charge is -2.08. The smallest absolute Gasteiger partial charge is 0.409 e. The van der Waals surface area contributed by atoms with Crippen LogP contribution in [0.4, 0.5) is 16.2 Å². The molecule has 1 amide bonds. The molecule has 0 radical (unpaired) electrons. The number of pyridine rings is 1. The highest BCUT2D eigenvalue weighted by Gasteiger charge is 2.00. The number of amides is 1. The van der Waals surface area contributed by atoms with Crippen molar-refractivity contribution in [3.8, 4) is 11.1 Å². The Labute approximate surface area is 140 Å². The van der Waals surface area contributed by atoms with Crippen molar-refractivity contribution in [2.24, 2.45) is 0 Å². The van der Waals surface area contributed by atoms with E-state index in [1.54, 1.807) is 18.3 Å². The molecular formula is C19H17N3O2. The lowest BCUT2D eigenvalue weighted by Crippen LogP contribution is -2.07. The normalized spacial score (nSPS) is 10.2. The first-order chi connectivity index (χ1) is 11.7. The molecule has 1 aromatic heterocycles. The third-order valence-electron chi connectivity index (χ3n) is 3.58. The number of nitrogens with one attached hydrogen (secondary N) is 2. The van der Waals surface area contributed by atoms with Gasteiger partial charge in [0.15, 0.2) is 0 Å². The van der Waals surface area contributed by atoms with Crippen molar-refractivity contribution in [1.29, 1.82) is 0 Å². The molecule has 0 saturated heterocycles. The predicted octanol–water partition coefficient (Wildman–Crippen LogP) is 4.45. The van der Waals surface area contributed by atoms with Crippen LogP contribution in [-0.2, 0) is 6.54 Å². The quantitative estimate of drug-likeness (QED) is 0.649. The zero-order chi connectivity index (χ0) is 16.8. The Hall–Kier alpha value is -3.34. The number of hydrogen-bond acceptors (Lipinski definition) is 3. The van der Waals surface area contributed by atoms with Crippen molar-refractivity contribution in [2.45, 2.75) is 6.54 Å².